The van der Waals surface area contributed by atoms with E-state index in [1.165, 1.54) is 0 Å². The topological polar surface area (TPSA) is 209 Å². The van der Waals surface area contributed by atoms with Crippen molar-refractivity contribution < 1.29 is 29.3 Å². The lowest BCUT2D eigenvalue weighted by Crippen LogP contribution is -2.60. The van der Waals surface area contributed by atoms with E-state index in [0.717, 1.165) is 31.2 Å². The summed E-state index contributed by atoms with van der Waals surface area (Å²) in [7, 11) is 0. The van der Waals surface area contributed by atoms with E-state index in [1.807, 2.05) is 41.3 Å². The molecule has 2 fully saturated rings. The van der Waals surface area contributed by atoms with Crippen molar-refractivity contribution in [3.63, 3.8) is 0 Å². The largest absolute Gasteiger partial charge is 0.494 e. The number of ether oxygens (including phenoxy) is 2. The van der Waals surface area contributed by atoms with Gasteiger partial charge in [0.25, 0.3) is 11.8 Å². The molecule has 0 aliphatic carbocycles. The molecule has 2 unspecified atom stereocenters. The number of rotatable bonds is 12. The number of benzene rings is 2. The predicted octanol–water partition coefficient (Wildman–Crippen LogP) is -0.349. The zero-order valence-electron chi connectivity index (χ0n) is 25.4. The minimum atomic E-state index is -0.895. The van der Waals surface area contributed by atoms with Crippen molar-refractivity contribution in [2.75, 3.05) is 39.5 Å². The number of carbonyl (C=O) groups is 2. The molecule has 2 amide bonds. The van der Waals surface area contributed by atoms with Crippen LogP contribution in [-0.4, -0.2) is 96.2 Å². The number of nitrogens with one attached hydrogen (secondary N) is 4. The van der Waals surface area contributed by atoms with Gasteiger partial charge in [-0.15, -0.1) is 0 Å². The summed E-state index contributed by atoms with van der Waals surface area (Å²) in [6.45, 7) is 2.02. The van der Waals surface area contributed by atoms with Gasteiger partial charge in [0.15, 0.2) is 5.16 Å². The summed E-state index contributed by atoms with van der Waals surface area (Å²) in [6, 6.07) is 14.8. The van der Waals surface area contributed by atoms with Gasteiger partial charge < -0.3 is 46.7 Å². The minimum absolute atomic E-state index is 0.0180. The Labute approximate surface area is 272 Å². The van der Waals surface area contributed by atoms with Crippen LogP contribution in [-0.2, 0) is 11.2 Å². The van der Waals surface area contributed by atoms with Gasteiger partial charge in [0.05, 0.1) is 13.2 Å². The average molecular weight is 657 g/mol. The van der Waals surface area contributed by atoms with Gasteiger partial charge in [-0.2, -0.15) is 0 Å². The summed E-state index contributed by atoms with van der Waals surface area (Å²) in [4.78, 5) is 31.8. The Morgan fingerprint density at radius 1 is 1.11 bits per heavy atom. The lowest BCUT2D eigenvalue weighted by molar-refractivity contribution is -0.116. The number of aliphatic hydroxyl groups excluding tert-OH is 2. The maximum absolute atomic E-state index is 13.2. The molecule has 5 rings (SSSR count). The summed E-state index contributed by atoms with van der Waals surface area (Å²) < 4.78 is 11.3. The first kappa shape index (κ1) is 33.4. The monoisotopic (exact) mass is 656 g/mol. The number of halogens is 1. The number of carbonyl (C=O) groups excluding carboxylic acids is 2. The Kier molecular flexibility index (Phi) is 11.0. The molecule has 1 spiro atoms. The zero-order valence-corrected chi connectivity index (χ0v) is 26.1. The maximum atomic E-state index is 13.2. The predicted molar refractivity (Wildman–Crippen MR) is 172 cm³/mol. The molecule has 2 aromatic rings. The summed E-state index contributed by atoms with van der Waals surface area (Å²) >= 11 is 5.95. The number of nitrogens with zero attached hydrogens (tertiary/aromatic N) is 2. The normalized spacial score (nSPS) is 21.4. The van der Waals surface area contributed by atoms with Crippen LogP contribution in [0.4, 0.5) is 0 Å². The van der Waals surface area contributed by atoms with Gasteiger partial charge in [0.2, 0.25) is 0 Å². The van der Waals surface area contributed by atoms with Gasteiger partial charge in [-0.25, -0.2) is 4.99 Å². The van der Waals surface area contributed by atoms with Crippen molar-refractivity contribution >= 4 is 29.1 Å². The van der Waals surface area contributed by atoms with Gasteiger partial charge in [-0.1, -0.05) is 23.7 Å². The minimum Gasteiger partial charge on any atom is -0.494 e. The van der Waals surface area contributed by atoms with Crippen molar-refractivity contribution in [3.05, 3.63) is 70.6 Å². The number of hydrogen-bond donors (Lipinski definition) is 8. The number of aliphatic hydroxyl groups is 2. The first-order valence-electron chi connectivity index (χ1n) is 15.3. The van der Waals surface area contributed by atoms with E-state index in [4.69, 9.17) is 37.6 Å². The Morgan fingerprint density at radius 2 is 1.78 bits per heavy atom. The molecule has 0 aromatic heterocycles. The average Bonchev–Trinajstić information content (AvgIpc) is 3.45. The highest BCUT2D eigenvalue weighted by Crippen LogP contribution is 2.26. The van der Waals surface area contributed by atoms with E-state index in [1.54, 1.807) is 12.1 Å². The highest BCUT2D eigenvalue weighted by atomic mass is 35.5. The zero-order chi connectivity index (χ0) is 32.7. The van der Waals surface area contributed by atoms with E-state index < -0.39 is 24.5 Å². The van der Waals surface area contributed by atoms with Crippen molar-refractivity contribution in [3.8, 4) is 11.5 Å². The molecule has 0 bridgehead atoms. The first-order valence-corrected chi connectivity index (χ1v) is 15.6. The molecule has 0 saturated carbocycles. The van der Waals surface area contributed by atoms with Gasteiger partial charge >= 0.3 is 0 Å². The molecule has 0 radical (unpaired) electrons. The molecule has 15 heteroatoms. The number of aliphatic imine (C=N–C) groups is 1. The van der Waals surface area contributed by atoms with Gasteiger partial charge in [0.1, 0.15) is 48.2 Å². The molecule has 3 heterocycles. The summed E-state index contributed by atoms with van der Waals surface area (Å²) in [5, 5.41) is 30.5. The molecule has 14 nitrogen and oxygen atoms in total. The highest BCUT2D eigenvalue weighted by Gasteiger charge is 2.42. The Balaban J connectivity index is 1.02. The number of likely N-dealkylation sites (tertiary alicyclic amines) is 1. The Bertz CT molecular complexity index is 1430. The van der Waals surface area contributed by atoms with E-state index in [2.05, 4.69) is 26.3 Å². The quantitative estimate of drug-likeness (QED) is 0.109. The lowest BCUT2D eigenvalue weighted by Gasteiger charge is -2.39. The van der Waals surface area contributed by atoms with E-state index in [9.17, 15) is 14.7 Å². The third-order valence-corrected chi connectivity index (χ3v) is 8.50. The molecular formula is C31H41ClN8O6. The lowest BCUT2D eigenvalue weighted by atomic mass is 9.88. The van der Waals surface area contributed by atoms with Crippen LogP contribution in [0.3, 0.4) is 0 Å². The summed E-state index contributed by atoms with van der Waals surface area (Å²) in [6.07, 6.45) is 0.821. The Hall–Kier alpha value is -3.92. The fourth-order valence-electron chi connectivity index (χ4n) is 5.52. The molecular weight excluding hydrogens is 616 g/mol. The number of piperidine rings is 1. The number of nitrogens with two attached hydrogens (primary N) is 2. The fraction of sp³-hybridized carbons (Fsp3) is 0.452. The van der Waals surface area contributed by atoms with Crippen molar-refractivity contribution in [2.45, 2.75) is 49.8 Å². The second kappa shape index (κ2) is 15.1. The van der Waals surface area contributed by atoms with E-state index >= 15 is 0 Å². The van der Waals surface area contributed by atoms with Gasteiger partial charge in [-0.05, 0) is 67.6 Å². The van der Waals surface area contributed by atoms with E-state index in [0.29, 0.717) is 43.3 Å². The van der Waals surface area contributed by atoms with Crippen molar-refractivity contribution in [2.24, 2.45) is 16.5 Å². The molecule has 3 atom stereocenters. The second-order valence-corrected chi connectivity index (χ2v) is 12.0. The highest BCUT2D eigenvalue weighted by molar-refractivity contribution is 6.43. The summed E-state index contributed by atoms with van der Waals surface area (Å²) in [5.41, 5.74) is 13.1. The standard InChI is InChI=1S/C31H41ClN8O6/c32-25-27(34)37-26(33)24(36-25)28(43)38-30-35-18-31(39-30)11-13-40(14-12-31)29(44)20-5-9-22(10-6-20)45-15-1-2-19-3-7-23(8-4-19)46-17-21(42)16-41/h3-10,21,26,30,35,37,39,41-42H,1-2,11-18,33-34H2,(H,38,43)/t21-,26?,30?/m0/s1. The Morgan fingerprint density at radius 3 is 2.48 bits per heavy atom. The number of amides is 2. The molecule has 10 N–H and O–H groups in total. The van der Waals surface area contributed by atoms with Crippen LogP contribution in [0.25, 0.3) is 0 Å². The van der Waals surface area contributed by atoms with Crippen LogP contribution in [0.1, 0.15) is 35.2 Å². The van der Waals surface area contributed by atoms with Crippen LogP contribution >= 0.6 is 11.6 Å². The van der Waals surface area contributed by atoms with Crippen LogP contribution in [0.15, 0.2) is 64.5 Å². The third-order valence-electron chi connectivity index (χ3n) is 8.21. The smallest absolute Gasteiger partial charge is 0.271 e. The van der Waals surface area contributed by atoms with Crippen LogP contribution < -0.4 is 42.2 Å². The maximum Gasteiger partial charge on any atom is 0.271 e. The van der Waals surface area contributed by atoms with Crippen LogP contribution in [0.5, 0.6) is 11.5 Å². The van der Waals surface area contributed by atoms with Gasteiger partial charge in [0, 0.05) is 30.7 Å². The number of aryl methyl sites for hydroxylation is 1. The van der Waals surface area contributed by atoms with Gasteiger partial charge in [-0.3, -0.25) is 20.2 Å². The van der Waals surface area contributed by atoms with Crippen molar-refractivity contribution in [1.82, 2.24) is 26.2 Å². The molecule has 2 aromatic carbocycles. The molecule has 248 valence electrons. The molecule has 46 heavy (non-hydrogen) atoms. The molecule has 2 saturated heterocycles. The third kappa shape index (κ3) is 8.46. The van der Waals surface area contributed by atoms with Crippen LogP contribution in [0, 0.1) is 0 Å². The molecule has 3 aliphatic heterocycles. The fourth-order valence-corrected chi connectivity index (χ4v) is 5.67. The second-order valence-electron chi connectivity index (χ2n) is 11.6. The number of hydrogen-bond acceptors (Lipinski definition) is 12. The molecule has 3 aliphatic rings. The SMILES string of the molecule is NC1=C(Cl)N=C(C(=O)NC2NCC3(CCN(C(=O)c4ccc(OCCCc5ccc(OC[C@@H](O)CO)cc5)cc4)CC3)N2)C(N)N1. The van der Waals surface area contributed by atoms with Crippen LogP contribution in [0.2, 0.25) is 0 Å². The van der Waals surface area contributed by atoms with E-state index in [-0.39, 0.29) is 41.3 Å². The van der Waals surface area contributed by atoms with Crippen molar-refractivity contribution in [1.29, 1.82) is 0 Å². The first-order chi connectivity index (χ1) is 22.1. The summed E-state index contributed by atoms with van der Waals surface area (Å²) in [5.74, 6) is 0.954.